The molecule has 0 heterocycles. The van der Waals surface area contributed by atoms with Gasteiger partial charge in [0, 0.05) is 0 Å². The molecular weight excluding hydrogens is 256 g/mol. The number of benzene rings is 1. The predicted molar refractivity (Wildman–Crippen MR) is 91.0 cm³/mol. The second-order valence-electron chi connectivity index (χ2n) is 7.17. The normalized spacial score (nSPS) is 21.0. The first-order chi connectivity index (χ1) is 10.0. The Labute approximate surface area is 129 Å². The minimum Gasteiger partial charge on any atom is -0.271 e. The van der Waals surface area contributed by atoms with Crippen molar-refractivity contribution in [1.82, 2.24) is 5.43 Å². The van der Waals surface area contributed by atoms with Crippen LogP contribution in [0.3, 0.4) is 0 Å². The monoisotopic (exact) mass is 286 g/mol. The molecule has 1 aliphatic rings. The number of hydrogen-bond acceptors (Lipinski definition) is 2. The van der Waals surface area contributed by atoms with Crippen LogP contribution in [-0.2, 0) is 5.41 Å². The molecule has 116 valence electrons. The minimum absolute atomic E-state index is 0.133. The number of nitrogens with one attached hydrogen (secondary N) is 1. The summed E-state index contributed by atoms with van der Waals surface area (Å²) < 4.78 is 0. The fourth-order valence-corrected chi connectivity index (χ4v) is 3.31. The third kappa shape index (κ3) is 4.18. The number of nitrogens with two attached hydrogens (primary N) is 1. The van der Waals surface area contributed by atoms with Crippen molar-refractivity contribution in [2.24, 2.45) is 5.84 Å². The van der Waals surface area contributed by atoms with E-state index in [9.17, 15) is 0 Å². The van der Waals surface area contributed by atoms with Crippen molar-refractivity contribution in [3.8, 4) is 0 Å². The van der Waals surface area contributed by atoms with Crippen molar-refractivity contribution in [2.45, 2.75) is 70.8 Å². The number of allylic oxidation sites excluding steroid dienone is 1. The summed E-state index contributed by atoms with van der Waals surface area (Å²) in [7, 11) is 0. The molecule has 2 nitrogen and oxygen atoms in total. The van der Waals surface area contributed by atoms with Gasteiger partial charge in [-0.1, -0.05) is 69.5 Å². The summed E-state index contributed by atoms with van der Waals surface area (Å²) in [6.45, 7) is 6.81. The third-order valence-corrected chi connectivity index (χ3v) is 4.44. The Bertz CT molecular complexity index is 483. The summed E-state index contributed by atoms with van der Waals surface area (Å²) in [6.07, 6.45) is 10.1. The fraction of sp³-hybridized carbons (Fsp3) is 0.579. The van der Waals surface area contributed by atoms with Crippen LogP contribution in [0, 0.1) is 0 Å². The van der Waals surface area contributed by atoms with Gasteiger partial charge in [0.15, 0.2) is 0 Å². The van der Waals surface area contributed by atoms with Crippen molar-refractivity contribution in [1.29, 1.82) is 0 Å². The van der Waals surface area contributed by atoms with Gasteiger partial charge in [-0.3, -0.25) is 5.84 Å². The Morgan fingerprint density at radius 1 is 1.05 bits per heavy atom. The van der Waals surface area contributed by atoms with E-state index in [1.54, 1.807) is 0 Å². The Kier molecular flexibility index (Phi) is 5.60. The zero-order valence-corrected chi connectivity index (χ0v) is 13.8. The molecule has 0 aromatic heterocycles. The molecule has 2 rings (SSSR count). The van der Waals surface area contributed by atoms with E-state index in [0.29, 0.717) is 0 Å². The number of hydrogen-bond donors (Lipinski definition) is 2. The average molecular weight is 286 g/mol. The quantitative estimate of drug-likeness (QED) is 0.477. The highest BCUT2D eigenvalue weighted by Gasteiger charge is 2.24. The van der Waals surface area contributed by atoms with Gasteiger partial charge in [-0.05, 0) is 42.2 Å². The first kappa shape index (κ1) is 16.3. The lowest BCUT2D eigenvalue weighted by molar-refractivity contribution is 0.530. The van der Waals surface area contributed by atoms with Gasteiger partial charge in [0.2, 0.25) is 0 Å². The van der Waals surface area contributed by atoms with E-state index in [-0.39, 0.29) is 11.5 Å². The molecule has 21 heavy (non-hydrogen) atoms. The molecule has 3 N–H and O–H groups in total. The first-order valence-corrected chi connectivity index (χ1v) is 8.28. The van der Waals surface area contributed by atoms with Gasteiger partial charge in [-0.15, -0.1) is 0 Å². The number of rotatable bonds is 3. The van der Waals surface area contributed by atoms with E-state index < -0.39 is 0 Å². The molecule has 1 aromatic rings. The van der Waals surface area contributed by atoms with Crippen LogP contribution in [0.4, 0.5) is 0 Å². The Hall–Kier alpha value is -1.12. The molecule has 0 saturated carbocycles. The molecule has 0 fully saturated rings. The molecule has 0 saturated heterocycles. The first-order valence-electron chi connectivity index (χ1n) is 8.28. The molecule has 0 radical (unpaired) electrons. The van der Waals surface area contributed by atoms with Crippen LogP contribution < -0.4 is 11.3 Å². The van der Waals surface area contributed by atoms with Crippen molar-refractivity contribution in [3.63, 3.8) is 0 Å². The average Bonchev–Trinajstić information content (AvgIpc) is 2.41. The van der Waals surface area contributed by atoms with Gasteiger partial charge in [0.1, 0.15) is 0 Å². The lowest BCUT2D eigenvalue weighted by atomic mass is 9.79. The van der Waals surface area contributed by atoms with Crippen LogP contribution in [-0.4, -0.2) is 0 Å². The highest BCUT2D eigenvalue weighted by atomic mass is 15.2. The van der Waals surface area contributed by atoms with Crippen molar-refractivity contribution < 1.29 is 0 Å². The predicted octanol–water partition coefficient (Wildman–Crippen LogP) is 4.77. The summed E-state index contributed by atoms with van der Waals surface area (Å²) in [5.74, 6) is 5.95. The standard InChI is InChI=1S/C19H30N2/c1-19(2,3)17-14-10-9-13-16(17)18(21-20)15-11-7-5-4-6-8-12-15/h9-11,13-14,18,21H,4-8,12,20H2,1-3H3/b15-11+. The Morgan fingerprint density at radius 3 is 2.48 bits per heavy atom. The summed E-state index contributed by atoms with van der Waals surface area (Å²) in [6, 6.07) is 8.87. The maximum atomic E-state index is 5.95. The van der Waals surface area contributed by atoms with Crippen molar-refractivity contribution in [3.05, 3.63) is 47.0 Å². The van der Waals surface area contributed by atoms with E-state index >= 15 is 0 Å². The molecule has 0 bridgehead atoms. The smallest absolute Gasteiger partial charge is 0.0672 e. The summed E-state index contributed by atoms with van der Waals surface area (Å²) >= 11 is 0. The zero-order chi connectivity index (χ0) is 15.3. The highest BCUT2D eigenvalue weighted by Crippen LogP contribution is 2.34. The van der Waals surface area contributed by atoms with Crippen molar-refractivity contribution in [2.75, 3.05) is 0 Å². The van der Waals surface area contributed by atoms with Gasteiger partial charge in [0.25, 0.3) is 0 Å². The van der Waals surface area contributed by atoms with Gasteiger partial charge in [-0.2, -0.15) is 0 Å². The van der Waals surface area contributed by atoms with Crippen LogP contribution in [0.1, 0.15) is 76.5 Å². The fourth-order valence-electron chi connectivity index (χ4n) is 3.31. The lowest BCUT2D eigenvalue weighted by Gasteiger charge is -2.29. The highest BCUT2D eigenvalue weighted by molar-refractivity contribution is 5.39. The second kappa shape index (κ2) is 7.24. The van der Waals surface area contributed by atoms with Crippen LogP contribution >= 0.6 is 0 Å². The Morgan fingerprint density at radius 2 is 1.76 bits per heavy atom. The minimum atomic E-state index is 0.133. The second-order valence-corrected chi connectivity index (χ2v) is 7.17. The molecule has 0 spiro atoms. The maximum Gasteiger partial charge on any atom is 0.0672 e. The van der Waals surface area contributed by atoms with Gasteiger partial charge < -0.3 is 0 Å². The van der Waals surface area contributed by atoms with E-state index in [1.165, 1.54) is 48.8 Å². The Balaban J connectivity index is 2.37. The molecule has 1 aromatic carbocycles. The molecule has 1 atom stereocenters. The van der Waals surface area contributed by atoms with Crippen LogP contribution in [0.2, 0.25) is 0 Å². The molecule has 0 amide bonds. The molecule has 2 heteroatoms. The van der Waals surface area contributed by atoms with Gasteiger partial charge in [0.05, 0.1) is 6.04 Å². The largest absolute Gasteiger partial charge is 0.271 e. The van der Waals surface area contributed by atoms with Crippen LogP contribution in [0.15, 0.2) is 35.9 Å². The SMILES string of the molecule is CC(C)(C)c1ccccc1C(NN)/C1=C/CCCCCC1. The zero-order valence-electron chi connectivity index (χ0n) is 13.8. The van der Waals surface area contributed by atoms with E-state index in [4.69, 9.17) is 5.84 Å². The van der Waals surface area contributed by atoms with E-state index in [1.807, 2.05) is 0 Å². The van der Waals surface area contributed by atoms with Gasteiger partial charge >= 0.3 is 0 Å². The third-order valence-electron chi connectivity index (χ3n) is 4.44. The number of hydrazine groups is 1. The summed E-state index contributed by atoms with van der Waals surface area (Å²) in [4.78, 5) is 0. The molecule has 0 aliphatic heterocycles. The van der Waals surface area contributed by atoms with E-state index in [2.05, 4.69) is 56.5 Å². The summed E-state index contributed by atoms with van der Waals surface area (Å²) in [5, 5.41) is 0. The van der Waals surface area contributed by atoms with E-state index in [0.717, 1.165) is 6.42 Å². The topological polar surface area (TPSA) is 38.0 Å². The molecule has 1 unspecified atom stereocenters. The maximum absolute atomic E-state index is 5.95. The van der Waals surface area contributed by atoms with Gasteiger partial charge in [-0.25, -0.2) is 5.43 Å². The van der Waals surface area contributed by atoms with Crippen molar-refractivity contribution >= 4 is 0 Å². The molecular formula is C19H30N2. The lowest BCUT2D eigenvalue weighted by Crippen LogP contribution is -2.32. The summed E-state index contributed by atoms with van der Waals surface area (Å²) in [5.41, 5.74) is 7.40. The van der Waals surface area contributed by atoms with Crippen LogP contribution in [0.25, 0.3) is 0 Å². The molecule has 1 aliphatic carbocycles. The van der Waals surface area contributed by atoms with Crippen LogP contribution in [0.5, 0.6) is 0 Å².